The van der Waals surface area contributed by atoms with Crippen molar-refractivity contribution in [3.05, 3.63) is 59.1 Å². The van der Waals surface area contributed by atoms with Gasteiger partial charge in [-0.3, -0.25) is 14.3 Å². The van der Waals surface area contributed by atoms with Crippen molar-refractivity contribution in [1.29, 1.82) is 0 Å². The van der Waals surface area contributed by atoms with Crippen LogP contribution in [0.4, 0.5) is 10.5 Å². The van der Waals surface area contributed by atoms with Gasteiger partial charge in [-0.25, -0.2) is 9.48 Å². The van der Waals surface area contributed by atoms with Crippen LogP contribution in [0.1, 0.15) is 36.1 Å². The quantitative estimate of drug-likeness (QED) is 0.462. The Bertz CT molecular complexity index is 1280. The number of amides is 3. The minimum Gasteiger partial charge on any atom is -0.471 e. The molecule has 1 N–H and O–H groups in total. The lowest BCUT2D eigenvalue weighted by atomic mass is 10.2. The zero-order valence-electron chi connectivity index (χ0n) is 21.5. The third-order valence-electron chi connectivity index (χ3n) is 6.09. The summed E-state index contributed by atoms with van der Waals surface area (Å²) < 4.78 is 13.7. The lowest BCUT2D eigenvalue weighted by Gasteiger charge is -2.35. The average Bonchev–Trinajstić information content (AvgIpc) is 3.54. The van der Waals surface area contributed by atoms with E-state index in [1.807, 2.05) is 0 Å². The number of aryl methyl sites for hydroxylation is 1. The Morgan fingerprint density at radius 1 is 1.05 bits per heavy atom. The van der Waals surface area contributed by atoms with Gasteiger partial charge in [-0.05, 0) is 51.1 Å². The van der Waals surface area contributed by atoms with E-state index in [-0.39, 0.29) is 24.4 Å². The molecule has 0 radical (unpaired) electrons. The minimum absolute atomic E-state index is 0.117. The summed E-state index contributed by atoms with van der Waals surface area (Å²) in [6.45, 7) is 7.34. The normalized spacial score (nSPS) is 14.2. The highest BCUT2D eigenvalue weighted by atomic mass is 35.5. The fraction of sp³-hybridized carbons (Fsp3) is 0.400. The summed E-state index contributed by atoms with van der Waals surface area (Å²) in [5.74, 6) is 0.101. The monoisotopic (exact) mass is 543 g/mol. The fourth-order valence-electron chi connectivity index (χ4n) is 3.92. The van der Waals surface area contributed by atoms with Crippen LogP contribution in [-0.2, 0) is 16.3 Å². The first-order valence-corrected chi connectivity index (χ1v) is 12.6. The number of carbonyl (C=O) groups is 3. The molecule has 202 valence electrons. The van der Waals surface area contributed by atoms with Crippen molar-refractivity contribution in [2.75, 3.05) is 38.1 Å². The molecule has 0 bridgehead atoms. The molecule has 3 aromatic rings. The number of carbonyl (C=O) groups excluding carboxylic acids is 3. The molecule has 1 unspecified atom stereocenters. The number of anilines is 1. The number of aromatic nitrogens is 4. The molecular formula is C25H30ClN7O5. The van der Waals surface area contributed by atoms with E-state index in [1.54, 1.807) is 73.3 Å². The summed E-state index contributed by atoms with van der Waals surface area (Å²) in [5.41, 5.74) is 1.25. The summed E-state index contributed by atoms with van der Waals surface area (Å²) in [7, 11) is 0. The Balaban J connectivity index is 1.32. The standard InChI is InChI=1S/C25H30ClN7O5/c1-4-37-25(36)31-13-11-30(12-14-31)24(35)18(3)33-15-22(17(2)28-33)27-23(34)21-9-10-32(29-21)16-38-20-7-5-19(26)6-8-20/h5-10,15,18H,4,11-14,16H2,1-3H3,(H,27,34). The maximum Gasteiger partial charge on any atom is 0.409 e. The molecule has 38 heavy (non-hydrogen) atoms. The van der Waals surface area contributed by atoms with Crippen molar-refractivity contribution >= 4 is 35.2 Å². The van der Waals surface area contributed by atoms with Gasteiger partial charge >= 0.3 is 6.09 Å². The lowest BCUT2D eigenvalue weighted by Crippen LogP contribution is -2.52. The van der Waals surface area contributed by atoms with Gasteiger partial charge in [0.1, 0.15) is 11.8 Å². The first kappa shape index (κ1) is 27.0. The molecule has 1 aliphatic rings. The van der Waals surface area contributed by atoms with E-state index in [1.165, 1.54) is 9.36 Å². The van der Waals surface area contributed by atoms with E-state index in [4.69, 9.17) is 21.1 Å². The molecule has 3 heterocycles. The Hall–Kier alpha value is -4.06. The first-order chi connectivity index (χ1) is 18.2. The van der Waals surface area contributed by atoms with Gasteiger partial charge < -0.3 is 24.6 Å². The Morgan fingerprint density at radius 2 is 1.74 bits per heavy atom. The molecule has 13 heteroatoms. The second-order valence-electron chi connectivity index (χ2n) is 8.72. The average molecular weight is 544 g/mol. The van der Waals surface area contributed by atoms with Gasteiger partial charge in [0.2, 0.25) is 5.91 Å². The molecule has 3 amide bonds. The van der Waals surface area contributed by atoms with Crippen LogP contribution in [0.15, 0.2) is 42.7 Å². The SMILES string of the molecule is CCOC(=O)N1CCN(C(=O)C(C)n2cc(NC(=O)c3ccn(COc4ccc(Cl)cc4)n3)c(C)n2)CC1. The van der Waals surface area contributed by atoms with Gasteiger partial charge in [0.25, 0.3) is 5.91 Å². The second-order valence-corrected chi connectivity index (χ2v) is 9.15. The van der Waals surface area contributed by atoms with Crippen LogP contribution >= 0.6 is 11.6 Å². The van der Waals surface area contributed by atoms with E-state index in [2.05, 4.69) is 15.5 Å². The Morgan fingerprint density at radius 3 is 2.42 bits per heavy atom. The molecule has 1 aromatic carbocycles. The van der Waals surface area contributed by atoms with E-state index in [0.717, 1.165) is 0 Å². The number of ether oxygens (including phenoxy) is 2. The van der Waals surface area contributed by atoms with E-state index < -0.39 is 11.9 Å². The first-order valence-electron chi connectivity index (χ1n) is 12.2. The van der Waals surface area contributed by atoms with Crippen molar-refractivity contribution in [2.24, 2.45) is 0 Å². The van der Waals surface area contributed by atoms with Crippen molar-refractivity contribution in [3.8, 4) is 5.75 Å². The van der Waals surface area contributed by atoms with Gasteiger partial charge in [0, 0.05) is 43.6 Å². The molecule has 1 atom stereocenters. The summed E-state index contributed by atoms with van der Waals surface area (Å²) in [5, 5.41) is 12.1. The topological polar surface area (TPSA) is 124 Å². The predicted molar refractivity (Wildman–Crippen MR) is 139 cm³/mol. The Kier molecular flexibility index (Phi) is 8.52. The van der Waals surface area contributed by atoms with Gasteiger partial charge in [-0.15, -0.1) is 0 Å². The largest absolute Gasteiger partial charge is 0.471 e. The highest BCUT2D eigenvalue weighted by molar-refractivity contribution is 6.30. The molecule has 1 fully saturated rings. The number of piperazine rings is 1. The second kappa shape index (κ2) is 12.0. The predicted octanol–water partition coefficient (Wildman–Crippen LogP) is 3.19. The smallest absolute Gasteiger partial charge is 0.409 e. The van der Waals surface area contributed by atoms with Crippen LogP contribution < -0.4 is 10.1 Å². The lowest BCUT2D eigenvalue weighted by molar-refractivity contribution is -0.136. The summed E-state index contributed by atoms with van der Waals surface area (Å²) >= 11 is 5.88. The van der Waals surface area contributed by atoms with Gasteiger partial charge in [0.05, 0.1) is 18.0 Å². The van der Waals surface area contributed by atoms with Crippen molar-refractivity contribution in [3.63, 3.8) is 0 Å². The van der Waals surface area contributed by atoms with Crippen LogP contribution in [0, 0.1) is 6.92 Å². The number of hydrogen-bond donors (Lipinski definition) is 1. The molecule has 1 aliphatic heterocycles. The number of hydrogen-bond acceptors (Lipinski definition) is 7. The fourth-order valence-corrected chi connectivity index (χ4v) is 4.04. The van der Waals surface area contributed by atoms with E-state index in [0.29, 0.717) is 54.9 Å². The summed E-state index contributed by atoms with van der Waals surface area (Å²) in [6.07, 6.45) is 2.91. The van der Waals surface area contributed by atoms with Crippen LogP contribution in [0.3, 0.4) is 0 Å². The van der Waals surface area contributed by atoms with Crippen LogP contribution in [-0.4, -0.2) is 80.1 Å². The number of rotatable bonds is 8. The zero-order valence-corrected chi connectivity index (χ0v) is 22.2. The highest BCUT2D eigenvalue weighted by Crippen LogP contribution is 2.20. The molecular weight excluding hydrogens is 514 g/mol. The zero-order chi connectivity index (χ0) is 27.2. The van der Waals surface area contributed by atoms with Crippen molar-refractivity contribution < 1.29 is 23.9 Å². The molecule has 0 saturated carbocycles. The van der Waals surface area contributed by atoms with Gasteiger partial charge in [-0.2, -0.15) is 10.2 Å². The molecule has 0 aliphatic carbocycles. The number of nitrogens with zero attached hydrogens (tertiary/aromatic N) is 6. The van der Waals surface area contributed by atoms with E-state index >= 15 is 0 Å². The van der Waals surface area contributed by atoms with Crippen LogP contribution in [0.2, 0.25) is 5.02 Å². The number of halogens is 1. The number of benzene rings is 1. The van der Waals surface area contributed by atoms with Gasteiger partial charge in [-0.1, -0.05) is 11.6 Å². The summed E-state index contributed by atoms with van der Waals surface area (Å²) in [6, 6.07) is 7.94. The maximum absolute atomic E-state index is 13.1. The van der Waals surface area contributed by atoms with E-state index in [9.17, 15) is 14.4 Å². The number of nitrogens with one attached hydrogen (secondary N) is 1. The summed E-state index contributed by atoms with van der Waals surface area (Å²) in [4.78, 5) is 41.0. The molecule has 0 spiro atoms. The highest BCUT2D eigenvalue weighted by Gasteiger charge is 2.29. The van der Waals surface area contributed by atoms with Crippen molar-refractivity contribution in [1.82, 2.24) is 29.4 Å². The minimum atomic E-state index is -0.585. The van der Waals surface area contributed by atoms with Crippen LogP contribution in [0.25, 0.3) is 0 Å². The third-order valence-corrected chi connectivity index (χ3v) is 6.34. The van der Waals surface area contributed by atoms with Crippen LogP contribution in [0.5, 0.6) is 5.75 Å². The maximum atomic E-state index is 13.1. The molecule has 12 nitrogen and oxygen atoms in total. The van der Waals surface area contributed by atoms with Gasteiger partial charge in [0.15, 0.2) is 12.4 Å². The van der Waals surface area contributed by atoms with Crippen molar-refractivity contribution in [2.45, 2.75) is 33.5 Å². The molecule has 2 aromatic heterocycles. The molecule has 1 saturated heterocycles. The molecule has 4 rings (SSSR count). The third kappa shape index (κ3) is 6.43. The Labute approximate surface area is 225 Å².